The van der Waals surface area contributed by atoms with Crippen LogP contribution >= 0.6 is 12.4 Å². The lowest BCUT2D eigenvalue weighted by Crippen LogP contribution is -2.30. The molecule has 0 aromatic carbocycles. The van der Waals surface area contributed by atoms with Gasteiger partial charge in [0.05, 0.1) is 6.04 Å². The van der Waals surface area contributed by atoms with Crippen molar-refractivity contribution in [1.29, 1.82) is 0 Å². The minimum absolute atomic E-state index is 0. The molecule has 3 N–H and O–H groups in total. The van der Waals surface area contributed by atoms with Crippen molar-refractivity contribution in [2.45, 2.75) is 25.4 Å². The molecule has 0 spiro atoms. The Hall–Kier alpha value is -0.280. The monoisotopic (exact) mass is 150 g/mol. The van der Waals surface area contributed by atoms with Crippen LogP contribution < -0.4 is 11.1 Å². The molecule has 1 amide bonds. The molecule has 0 radical (unpaired) electrons. The summed E-state index contributed by atoms with van der Waals surface area (Å²) in [7, 11) is 0. The van der Waals surface area contributed by atoms with Crippen molar-refractivity contribution < 1.29 is 4.79 Å². The summed E-state index contributed by atoms with van der Waals surface area (Å²) in [5, 5.41) is 2.70. The first-order valence-corrected chi connectivity index (χ1v) is 2.76. The van der Waals surface area contributed by atoms with E-state index in [1.807, 2.05) is 6.92 Å². The highest BCUT2D eigenvalue weighted by atomic mass is 35.5. The quantitative estimate of drug-likeness (QED) is 0.496. The highest BCUT2D eigenvalue weighted by Gasteiger charge is 2.24. The summed E-state index contributed by atoms with van der Waals surface area (Å²) in [6, 6.07) is 0.0162. The third kappa shape index (κ3) is 1.84. The van der Waals surface area contributed by atoms with Crippen molar-refractivity contribution in [1.82, 2.24) is 5.32 Å². The van der Waals surface area contributed by atoms with Crippen molar-refractivity contribution in [2.75, 3.05) is 0 Å². The van der Waals surface area contributed by atoms with E-state index >= 15 is 0 Å². The Morgan fingerprint density at radius 1 is 1.78 bits per heavy atom. The van der Waals surface area contributed by atoms with E-state index in [4.69, 9.17) is 5.73 Å². The normalized spacial score (nSPS) is 33.3. The molecule has 0 saturated carbocycles. The molecule has 54 valence electrons. The van der Waals surface area contributed by atoms with Crippen molar-refractivity contribution in [3.63, 3.8) is 0 Å². The molecule has 0 aromatic heterocycles. The molecule has 1 aliphatic rings. The molecule has 0 aliphatic carbocycles. The van der Waals surface area contributed by atoms with Gasteiger partial charge in [0.25, 0.3) is 0 Å². The summed E-state index contributed by atoms with van der Waals surface area (Å²) < 4.78 is 0. The van der Waals surface area contributed by atoms with Gasteiger partial charge in [0.15, 0.2) is 0 Å². The molecule has 0 aromatic rings. The summed E-state index contributed by atoms with van der Waals surface area (Å²) in [5.74, 6) is -0.0162. The Morgan fingerprint density at radius 3 is 2.44 bits per heavy atom. The fourth-order valence-electron chi connectivity index (χ4n) is 0.897. The van der Waals surface area contributed by atoms with E-state index in [-0.39, 0.29) is 30.4 Å². The first-order chi connectivity index (χ1) is 3.70. The highest BCUT2D eigenvalue weighted by molar-refractivity contribution is 5.85. The van der Waals surface area contributed by atoms with E-state index in [0.29, 0.717) is 0 Å². The molecule has 2 atom stereocenters. The number of halogens is 1. The Balaban J connectivity index is 0.000000640. The number of carbonyl (C=O) groups excluding carboxylic acids is 1. The van der Waals surface area contributed by atoms with Crippen molar-refractivity contribution in [3.8, 4) is 0 Å². The zero-order valence-corrected chi connectivity index (χ0v) is 6.07. The summed E-state index contributed by atoms with van der Waals surface area (Å²) in [6.45, 7) is 1.95. The Kier molecular flexibility index (Phi) is 2.94. The number of carbonyl (C=O) groups is 1. The van der Waals surface area contributed by atoms with E-state index in [9.17, 15) is 4.79 Å². The van der Waals surface area contributed by atoms with Crippen LogP contribution in [0.2, 0.25) is 0 Å². The molecule has 1 fully saturated rings. The maximum atomic E-state index is 10.5. The first kappa shape index (κ1) is 8.72. The Morgan fingerprint density at radius 2 is 2.33 bits per heavy atom. The standard InChI is InChI=1S/C5H10N2O.ClH/c1-3-2-4(6)5(8)7-3;/h3-4H,2,6H2,1H3,(H,7,8);1H. The number of nitrogens with one attached hydrogen (secondary N) is 1. The fraction of sp³-hybridized carbons (Fsp3) is 0.800. The van der Waals surface area contributed by atoms with Gasteiger partial charge in [-0.25, -0.2) is 0 Å². The van der Waals surface area contributed by atoms with E-state index in [2.05, 4.69) is 5.32 Å². The van der Waals surface area contributed by atoms with Gasteiger partial charge in [-0.2, -0.15) is 0 Å². The van der Waals surface area contributed by atoms with Gasteiger partial charge in [-0.3, -0.25) is 4.79 Å². The van der Waals surface area contributed by atoms with Crippen LogP contribution in [0.3, 0.4) is 0 Å². The molecule has 3 nitrogen and oxygen atoms in total. The van der Waals surface area contributed by atoms with Crippen LogP contribution in [0.15, 0.2) is 0 Å². The average molecular weight is 151 g/mol. The van der Waals surface area contributed by atoms with Crippen LogP contribution in [0.25, 0.3) is 0 Å². The first-order valence-electron chi connectivity index (χ1n) is 2.76. The van der Waals surface area contributed by atoms with Gasteiger partial charge in [0.2, 0.25) is 5.91 Å². The molecule has 9 heavy (non-hydrogen) atoms. The van der Waals surface area contributed by atoms with Crippen LogP contribution in [0.4, 0.5) is 0 Å². The maximum Gasteiger partial charge on any atom is 0.237 e. The van der Waals surface area contributed by atoms with Crippen LogP contribution in [0, 0.1) is 0 Å². The lowest BCUT2D eigenvalue weighted by molar-refractivity contribution is -0.120. The summed E-state index contributed by atoms with van der Waals surface area (Å²) in [4.78, 5) is 10.5. The van der Waals surface area contributed by atoms with E-state index < -0.39 is 0 Å². The number of nitrogens with two attached hydrogens (primary N) is 1. The zero-order chi connectivity index (χ0) is 6.15. The molecular weight excluding hydrogens is 140 g/mol. The van der Waals surface area contributed by atoms with E-state index in [0.717, 1.165) is 6.42 Å². The van der Waals surface area contributed by atoms with Gasteiger partial charge in [-0.1, -0.05) is 0 Å². The molecule has 1 rings (SSSR count). The molecule has 4 heteroatoms. The lowest BCUT2D eigenvalue weighted by Gasteiger charge is -1.95. The van der Waals surface area contributed by atoms with Gasteiger partial charge in [0, 0.05) is 6.04 Å². The largest absolute Gasteiger partial charge is 0.352 e. The smallest absolute Gasteiger partial charge is 0.237 e. The second-order valence-corrected chi connectivity index (χ2v) is 2.25. The minimum atomic E-state index is -0.259. The molecular formula is C5H11ClN2O. The topological polar surface area (TPSA) is 55.1 Å². The fourth-order valence-corrected chi connectivity index (χ4v) is 0.897. The molecule has 1 aliphatic heterocycles. The minimum Gasteiger partial charge on any atom is -0.352 e. The van der Waals surface area contributed by atoms with Crippen molar-refractivity contribution in [3.05, 3.63) is 0 Å². The van der Waals surface area contributed by atoms with Gasteiger partial charge in [-0.05, 0) is 13.3 Å². The SMILES string of the molecule is CC1CC(N)C(=O)N1.Cl. The lowest BCUT2D eigenvalue weighted by atomic mass is 10.2. The molecule has 1 saturated heterocycles. The van der Waals surface area contributed by atoms with Gasteiger partial charge >= 0.3 is 0 Å². The Labute approximate surface area is 60.4 Å². The van der Waals surface area contributed by atoms with Crippen LogP contribution in [0.1, 0.15) is 13.3 Å². The highest BCUT2D eigenvalue weighted by Crippen LogP contribution is 2.03. The summed E-state index contributed by atoms with van der Waals surface area (Å²) >= 11 is 0. The third-order valence-electron chi connectivity index (χ3n) is 1.33. The number of hydrogen-bond donors (Lipinski definition) is 2. The zero-order valence-electron chi connectivity index (χ0n) is 5.26. The van der Waals surface area contributed by atoms with Gasteiger partial charge < -0.3 is 11.1 Å². The predicted octanol–water partition coefficient (Wildman–Crippen LogP) is -0.356. The Bertz CT molecular complexity index is 118. The van der Waals surface area contributed by atoms with Gasteiger partial charge in [-0.15, -0.1) is 12.4 Å². The van der Waals surface area contributed by atoms with Crippen LogP contribution in [-0.2, 0) is 4.79 Å². The maximum absolute atomic E-state index is 10.5. The molecule has 0 bridgehead atoms. The predicted molar refractivity (Wildman–Crippen MR) is 37.4 cm³/mol. The van der Waals surface area contributed by atoms with E-state index in [1.54, 1.807) is 0 Å². The van der Waals surface area contributed by atoms with Crippen LogP contribution in [0.5, 0.6) is 0 Å². The van der Waals surface area contributed by atoms with Crippen molar-refractivity contribution in [2.24, 2.45) is 5.73 Å². The van der Waals surface area contributed by atoms with E-state index in [1.165, 1.54) is 0 Å². The number of hydrogen-bond acceptors (Lipinski definition) is 2. The summed E-state index contributed by atoms with van der Waals surface area (Å²) in [5.41, 5.74) is 5.36. The second kappa shape index (κ2) is 3.03. The van der Waals surface area contributed by atoms with Crippen LogP contribution in [-0.4, -0.2) is 18.0 Å². The number of amides is 1. The second-order valence-electron chi connectivity index (χ2n) is 2.25. The third-order valence-corrected chi connectivity index (χ3v) is 1.33. The molecule has 2 unspecified atom stereocenters. The average Bonchev–Trinajstić information content (AvgIpc) is 1.85. The van der Waals surface area contributed by atoms with Crippen molar-refractivity contribution >= 4 is 18.3 Å². The summed E-state index contributed by atoms with van der Waals surface area (Å²) in [6.07, 6.45) is 0.777. The number of rotatable bonds is 0. The van der Waals surface area contributed by atoms with Gasteiger partial charge in [0.1, 0.15) is 0 Å². The molecule has 1 heterocycles.